The van der Waals surface area contributed by atoms with Crippen molar-refractivity contribution in [2.24, 2.45) is 5.92 Å². The quantitative estimate of drug-likeness (QED) is 0.291. The average molecular weight is 659 g/mol. The van der Waals surface area contributed by atoms with Crippen LogP contribution in [-0.4, -0.2) is 88.7 Å². The van der Waals surface area contributed by atoms with E-state index in [-0.39, 0.29) is 36.5 Å². The molecule has 5 rings (SSSR count). The number of rotatable bonds is 8. The molecule has 3 amide bonds. The lowest BCUT2D eigenvalue weighted by Crippen LogP contribution is -2.49. The van der Waals surface area contributed by atoms with Gasteiger partial charge in [0.15, 0.2) is 17.5 Å². The summed E-state index contributed by atoms with van der Waals surface area (Å²) < 4.78 is 3.45. The first-order valence-corrected chi connectivity index (χ1v) is 17.3. The fourth-order valence-electron chi connectivity index (χ4n) is 5.53. The second-order valence-corrected chi connectivity index (χ2v) is 13.0. The first-order valence-electron chi connectivity index (χ1n) is 15.9. The SMILES string of the molecule is CSCC[C@@H]1NC(=O)CCCN(C(=O)Cc2ccc(-n3nnnc3C)cc2)CCn2nc(-c3ccccc3)nc2[C@@H](C(C)C)NC1=O. The molecule has 1 aliphatic heterocycles. The van der Waals surface area contributed by atoms with Crippen LogP contribution in [0.2, 0.25) is 0 Å². The summed E-state index contributed by atoms with van der Waals surface area (Å²) in [5.74, 6) is 2.03. The number of fused-ring (bicyclic) bond motifs is 1. The number of hydrogen-bond acceptors (Lipinski definition) is 9. The van der Waals surface area contributed by atoms with Crippen LogP contribution in [0.5, 0.6) is 0 Å². The molecule has 0 radical (unpaired) electrons. The molecular weight excluding hydrogens is 616 g/mol. The number of carbonyl (C=O) groups is 3. The molecule has 47 heavy (non-hydrogen) atoms. The Hall–Kier alpha value is -4.59. The van der Waals surface area contributed by atoms with Crippen LogP contribution in [0.3, 0.4) is 0 Å². The van der Waals surface area contributed by atoms with Crippen molar-refractivity contribution in [2.45, 2.75) is 65.1 Å². The minimum absolute atomic E-state index is 0.0203. The van der Waals surface area contributed by atoms with Crippen LogP contribution >= 0.6 is 11.8 Å². The summed E-state index contributed by atoms with van der Waals surface area (Å²) >= 11 is 1.62. The third-order valence-corrected chi connectivity index (χ3v) is 8.81. The first-order chi connectivity index (χ1) is 22.7. The van der Waals surface area contributed by atoms with Crippen molar-refractivity contribution in [3.8, 4) is 17.1 Å². The van der Waals surface area contributed by atoms with Crippen molar-refractivity contribution < 1.29 is 14.4 Å². The summed E-state index contributed by atoms with van der Waals surface area (Å²) in [6.45, 7) is 6.99. The van der Waals surface area contributed by atoms with Gasteiger partial charge in [0.1, 0.15) is 6.04 Å². The van der Waals surface area contributed by atoms with Gasteiger partial charge in [0, 0.05) is 25.1 Å². The number of benzene rings is 2. The van der Waals surface area contributed by atoms with E-state index in [0.29, 0.717) is 49.9 Å². The molecule has 14 heteroatoms. The lowest BCUT2D eigenvalue weighted by Gasteiger charge is -2.28. The number of aryl methyl sites for hydroxylation is 1. The van der Waals surface area contributed by atoms with Crippen LogP contribution in [0.25, 0.3) is 17.1 Å². The number of carbonyl (C=O) groups excluding carboxylic acids is 3. The van der Waals surface area contributed by atoms with E-state index in [1.165, 1.54) is 0 Å². The summed E-state index contributed by atoms with van der Waals surface area (Å²) in [4.78, 5) is 47.1. The number of aromatic nitrogens is 7. The summed E-state index contributed by atoms with van der Waals surface area (Å²) in [5, 5.41) is 22.6. The number of tetrazole rings is 1. The largest absolute Gasteiger partial charge is 0.344 e. The molecule has 0 aliphatic carbocycles. The van der Waals surface area contributed by atoms with Gasteiger partial charge in [-0.15, -0.1) is 5.10 Å². The second-order valence-electron chi connectivity index (χ2n) is 12.0. The first kappa shape index (κ1) is 33.8. The average Bonchev–Trinajstić information content (AvgIpc) is 3.69. The standard InChI is InChI=1S/C33H42N10O3S/c1-22(2)30-32-36-31(25-9-6-5-7-10-25)38-42(32)19-18-41(17-8-11-28(44)34-27(16-20-47-4)33(46)35-30)29(45)21-24-12-14-26(15-13-24)43-23(3)37-39-40-43/h5-7,9-10,12-15,22,27,30H,8,11,16-21H2,1-4H3,(H,34,44)(H,35,46)/t27-,30+/m0/s1. The van der Waals surface area contributed by atoms with E-state index in [2.05, 4.69) is 26.2 Å². The molecule has 0 spiro atoms. The lowest BCUT2D eigenvalue weighted by molar-refractivity contribution is -0.131. The van der Waals surface area contributed by atoms with Gasteiger partial charge in [-0.1, -0.05) is 56.3 Å². The zero-order valence-electron chi connectivity index (χ0n) is 27.3. The smallest absolute Gasteiger partial charge is 0.243 e. The van der Waals surface area contributed by atoms with Crippen LogP contribution < -0.4 is 10.6 Å². The van der Waals surface area contributed by atoms with Crippen LogP contribution in [0.1, 0.15) is 56.4 Å². The van der Waals surface area contributed by atoms with Crippen molar-refractivity contribution in [3.05, 3.63) is 71.8 Å². The lowest BCUT2D eigenvalue weighted by atomic mass is 10.0. The minimum atomic E-state index is -0.679. The van der Waals surface area contributed by atoms with E-state index >= 15 is 0 Å². The second kappa shape index (κ2) is 15.8. The van der Waals surface area contributed by atoms with Crippen LogP contribution in [0, 0.1) is 12.8 Å². The fourth-order valence-corrected chi connectivity index (χ4v) is 6.00. The number of amides is 3. The van der Waals surface area contributed by atoms with Crippen molar-refractivity contribution in [1.82, 2.24) is 50.5 Å². The van der Waals surface area contributed by atoms with Crippen LogP contribution in [-0.2, 0) is 27.3 Å². The Bertz CT molecular complexity index is 1650. The van der Waals surface area contributed by atoms with Gasteiger partial charge in [0.2, 0.25) is 17.7 Å². The Kier molecular flexibility index (Phi) is 11.4. The molecule has 0 unspecified atom stereocenters. The highest BCUT2D eigenvalue weighted by atomic mass is 32.2. The van der Waals surface area contributed by atoms with Gasteiger partial charge in [0.25, 0.3) is 0 Å². The molecular formula is C33H42N10O3S. The maximum absolute atomic E-state index is 13.8. The Balaban J connectivity index is 1.43. The van der Waals surface area contributed by atoms with Crippen molar-refractivity contribution in [2.75, 3.05) is 25.1 Å². The van der Waals surface area contributed by atoms with E-state index in [0.717, 1.165) is 22.6 Å². The Labute approximate surface area is 278 Å². The van der Waals surface area contributed by atoms with Gasteiger partial charge in [-0.25, -0.2) is 9.67 Å². The van der Waals surface area contributed by atoms with Gasteiger partial charge >= 0.3 is 0 Å². The van der Waals surface area contributed by atoms with Crippen molar-refractivity contribution in [3.63, 3.8) is 0 Å². The summed E-state index contributed by atoms with van der Waals surface area (Å²) in [7, 11) is 0. The highest BCUT2D eigenvalue weighted by Crippen LogP contribution is 2.25. The van der Waals surface area contributed by atoms with Gasteiger partial charge in [-0.3, -0.25) is 14.4 Å². The van der Waals surface area contributed by atoms with E-state index in [1.54, 1.807) is 21.3 Å². The maximum atomic E-state index is 13.8. The molecule has 4 aromatic rings. The van der Waals surface area contributed by atoms with Gasteiger partial charge in [-0.05, 0) is 65.8 Å². The molecule has 2 atom stereocenters. The number of nitrogens with one attached hydrogen (secondary N) is 2. The fraction of sp³-hybridized carbons (Fsp3) is 0.455. The van der Waals surface area contributed by atoms with Crippen molar-refractivity contribution in [1.29, 1.82) is 0 Å². The van der Waals surface area contributed by atoms with Gasteiger partial charge in [0.05, 0.1) is 24.7 Å². The predicted molar refractivity (Wildman–Crippen MR) is 180 cm³/mol. The maximum Gasteiger partial charge on any atom is 0.243 e. The van der Waals surface area contributed by atoms with E-state index in [1.807, 2.05) is 86.3 Å². The highest BCUT2D eigenvalue weighted by Gasteiger charge is 2.30. The molecule has 248 valence electrons. The summed E-state index contributed by atoms with van der Waals surface area (Å²) in [6.07, 6.45) is 3.33. The normalized spacial score (nSPS) is 17.9. The number of thioether (sulfide) groups is 1. The molecule has 0 fully saturated rings. The summed E-state index contributed by atoms with van der Waals surface area (Å²) in [6, 6.07) is 16.1. The summed E-state index contributed by atoms with van der Waals surface area (Å²) in [5.41, 5.74) is 2.52. The van der Waals surface area contributed by atoms with Crippen molar-refractivity contribution >= 4 is 29.5 Å². The molecule has 2 aromatic heterocycles. The predicted octanol–water partition coefficient (Wildman–Crippen LogP) is 3.15. The molecule has 0 saturated carbocycles. The third-order valence-electron chi connectivity index (χ3n) is 8.17. The molecule has 2 N–H and O–H groups in total. The Morgan fingerprint density at radius 2 is 1.79 bits per heavy atom. The molecule has 13 nitrogen and oxygen atoms in total. The van der Waals surface area contributed by atoms with Gasteiger partial charge < -0.3 is 15.5 Å². The molecule has 2 aromatic carbocycles. The van der Waals surface area contributed by atoms with Crippen LogP contribution in [0.4, 0.5) is 0 Å². The zero-order valence-corrected chi connectivity index (χ0v) is 28.1. The number of nitrogens with zero attached hydrogens (tertiary/aromatic N) is 8. The monoisotopic (exact) mass is 658 g/mol. The molecule has 0 saturated heterocycles. The minimum Gasteiger partial charge on any atom is -0.344 e. The van der Waals surface area contributed by atoms with E-state index in [4.69, 9.17) is 10.1 Å². The third kappa shape index (κ3) is 8.61. The number of hydrogen-bond donors (Lipinski definition) is 2. The van der Waals surface area contributed by atoms with Gasteiger partial charge in [-0.2, -0.15) is 21.5 Å². The Morgan fingerprint density at radius 1 is 1.02 bits per heavy atom. The topological polar surface area (TPSA) is 153 Å². The molecule has 0 bridgehead atoms. The highest BCUT2D eigenvalue weighted by molar-refractivity contribution is 7.98. The van der Waals surface area contributed by atoms with E-state index < -0.39 is 12.1 Å². The Morgan fingerprint density at radius 3 is 2.47 bits per heavy atom. The molecule has 1 aliphatic rings. The van der Waals surface area contributed by atoms with Crippen LogP contribution in [0.15, 0.2) is 54.6 Å². The zero-order chi connectivity index (χ0) is 33.3. The van der Waals surface area contributed by atoms with E-state index in [9.17, 15) is 14.4 Å². The molecule has 3 heterocycles.